The van der Waals surface area contributed by atoms with Gasteiger partial charge in [-0.2, -0.15) is 5.26 Å². The van der Waals surface area contributed by atoms with Crippen LogP contribution in [0.2, 0.25) is 0 Å². The molecule has 1 aliphatic carbocycles. The van der Waals surface area contributed by atoms with Crippen LogP contribution in [-0.2, 0) is 0 Å². The van der Waals surface area contributed by atoms with E-state index in [1.54, 1.807) is 6.20 Å². The SMILES string of the molecule is N#CC(c1ccccn1)c1cc(NC2CCCC2)ncn1. The second-order valence-corrected chi connectivity index (χ2v) is 5.27. The molecular formula is C16H17N5. The maximum Gasteiger partial charge on any atom is 0.131 e. The Hall–Kier alpha value is -2.48. The molecule has 0 amide bonds. The number of hydrogen-bond acceptors (Lipinski definition) is 5. The van der Waals surface area contributed by atoms with Crippen molar-refractivity contribution in [2.75, 3.05) is 5.32 Å². The number of pyridine rings is 1. The van der Waals surface area contributed by atoms with Crippen LogP contribution >= 0.6 is 0 Å². The Balaban J connectivity index is 1.82. The molecule has 3 rings (SSSR count). The molecule has 2 aromatic heterocycles. The molecule has 0 aliphatic heterocycles. The van der Waals surface area contributed by atoms with E-state index >= 15 is 0 Å². The van der Waals surface area contributed by atoms with Gasteiger partial charge < -0.3 is 5.32 Å². The molecule has 106 valence electrons. The van der Waals surface area contributed by atoms with Crippen molar-refractivity contribution in [2.45, 2.75) is 37.6 Å². The van der Waals surface area contributed by atoms with Crippen LogP contribution in [0.4, 0.5) is 5.82 Å². The molecule has 1 aliphatic rings. The zero-order valence-corrected chi connectivity index (χ0v) is 11.7. The maximum absolute atomic E-state index is 9.44. The number of nitrogens with zero attached hydrogens (tertiary/aromatic N) is 4. The molecule has 21 heavy (non-hydrogen) atoms. The van der Waals surface area contributed by atoms with Gasteiger partial charge in [-0.1, -0.05) is 18.9 Å². The van der Waals surface area contributed by atoms with E-state index in [4.69, 9.17) is 0 Å². The zero-order chi connectivity index (χ0) is 14.5. The lowest BCUT2D eigenvalue weighted by Gasteiger charge is -2.14. The molecule has 2 aromatic rings. The quantitative estimate of drug-likeness (QED) is 0.931. The van der Waals surface area contributed by atoms with Gasteiger partial charge in [0.05, 0.1) is 17.5 Å². The van der Waals surface area contributed by atoms with Crippen LogP contribution in [0.25, 0.3) is 0 Å². The summed E-state index contributed by atoms with van der Waals surface area (Å²) in [5.41, 5.74) is 1.40. The van der Waals surface area contributed by atoms with Gasteiger partial charge in [0.15, 0.2) is 0 Å². The molecule has 1 saturated carbocycles. The van der Waals surface area contributed by atoms with Gasteiger partial charge in [0, 0.05) is 18.3 Å². The Morgan fingerprint density at radius 1 is 1.14 bits per heavy atom. The zero-order valence-electron chi connectivity index (χ0n) is 11.7. The van der Waals surface area contributed by atoms with Crippen molar-refractivity contribution >= 4 is 5.82 Å². The number of nitriles is 1. The van der Waals surface area contributed by atoms with Crippen LogP contribution in [0, 0.1) is 11.3 Å². The lowest BCUT2D eigenvalue weighted by Crippen LogP contribution is -2.16. The number of hydrogen-bond donors (Lipinski definition) is 1. The molecule has 2 heterocycles. The number of nitrogens with one attached hydrogen (secondary N) is 1. The minimum Gasteiger partial charge on any atom is -0.367 e. The van der Waals surface area contributed by atoms with Crippen LogP contribution in [0.5, 0.6) is 0 Å². The van der Waals surface area contributed by atoms with Gasteiger partial charge in [-0.05, 0) is 25.0 Å². The summed E-state index contributed by atoms with van der Waals surface area (Å²) in [5, 5.41) is 12.9. The highest BCUT2D eigenvalue weighted by Gasteiger charge is 2.19. The standard InChI is InChI=1S/C16H17N5/c17-10-13(14-7-3-4-8-18-14)15-9-16(20-11-19-15)21-12-5-1-2-6-12/h3-4,7-9,11-13H,1-2,5-6H2,(H,19,20,21). The first-order valence-electron chi connectivity index (χ1n) is 7.26. The van der Waals surface area contributed by atoms with Crippen LogP contribution in [0.3, 0.4) is 0 Å². The van der Waals surface area contributed by atoms with Gasteiger partial charge in [0.25, 0.3) is 0 Å². The minimum atomic E-state index is -0.460. The first kappa shape index (κ1) is 13.5. The van der Waals surface area contributed by atoms with E-state index in [2.05, 4.69) is 26.3 Å². The summed E-state index contributed by atoms with van der Waals surface area (Å²) in [6, 6.07) is 10.2. The van der Waals surface area contributed by atoms with Crippen molar-refractivity contribution in [2.24, 2.45) is 0 Å². The number of aromatic nitrogens is 3. The van der Waals surface area contributed by atoms with Gasteiger partial charge in [0.2, 0.25) is 0 Å². The summed E-state index contributed by atoms with van der Waals surface area (Å²) in [5.74, 6) is 0.335. The van der Waals surface area contributed by atoms with Crippen molar-refractivity contribution in [3.63, 3.8) is 0 Å². The van der Waals surface area contributed by atoms with E-state index in [9.17, 15) is 5.26 Å². The minimum absolute atomic E-state index is 0.460. The van der Waals surface area contributed by atoms with E-state index < -0.39 is 5.92 Å². The Morgan fingerprint density at radius 3 is 2.71 bits per heavy atom. The van der Waals surface area contributed by atoms with Crippen molar-refractivity contribution in [1.82, 2.24) is 15.0 Å². The summed E-state index contributed by atoms with van der Waals surface area (Å²) < 4.78 is 0. The van der Waals surface area contributed by atoms with Crippen LogP contribution in [0.15, 0.2) is 36.8 Å². The van der Waals surface area contributed by atoms with E-state index in [0.29, 0.717) is 17.4 Å². The highest BCUT2D eigenvalue weighted by atomic mass is 15.0. The van der Waals surface area contributed by atoms with Crippen LogP contribution in [0.1, 0.15) is 43.0 Å². The molecule has 0 bridgehead atoms. The van der Waals surface area contributed by atoms with Gasteiger partial charge in [-0.15, -0.1) is 0 Å². The highest BCUT2D eigenvalue weighted by Crippen LogP contribution is 2.24. The largest absolute Gasteiger partial charge is 0.367 e. The monoisotopic (exact) mass is 279 g/mol. The second kappa shape index (κ2) is 6.31. The molecule has 1 unspecified atom stereocenters. The van der Waals surface area contributed by atoms with E-state index in [1.165, 1.54) is 32.0 Å². The molecule has 1 N–H and O–H groups in total. The fourth-order valence-corrected chi connectivity index (χ4v) is 2.72. The molecule has 5 nitrogen and oxygen atoms in total. The maximum atomic E-state index is 9.44. The average Bonchev–Trinajstić information content (AvgIpc) is 3.02. The van der Waals surface area contributed by atoms with E-state index in [0.717, 1.165) is 5.82 Å². The number of rotatable bonds is 4. The predicted octanol–water partition coefficient (Wildman–Crippen LogP) is 2.88. The molecule has 0 spiro atoms. The van der Waals surface area contributed by atoms with Gasteiger partial charge in [0.1, 0.15) is 18.1 Å². The lowest BCUT2D eigenvalue weighted by atomic mass is 10.0. The average molecular weight is 279 g/mol. The molecule has 0 radical (unpaired) electrons. The smallest absolute Gasteiger partial charge is 0.131 e. The third-order valence-corrected chi connectivity index (χ3v) is 3.80. The van der Waals surface area contributed by atoms with E-state index in [-0.39, 0.29) is 0 Å². The summed E-state index contributed by atoms with van der Waals surface area (Å²) >= 11 is 0. The molecule has 0 saturated heterocycles. The van der Waals surface area contributed by atoms with Crippen molar-refractivity contribution in [1.29, 1.82) is 5.26 Å². The van der Waals surface area contributed by atoms with Gasteiger partial charge in [-0.3, -0.25) is 4.98 Å². The molecular weight excluding hydrogens is 262 g/mol. The highest BCUT2D eigenvalue weighted by molar-refractivity contribution is 5.41. The summed E-state index contributed by atoms with van der Waals surface area (Å²) in [4.78, 5) is 12.8. The third kappa shape index (κ3) is 3.16. The fourth-order valence-electron chi connectivity index (χ4n) is 2.72. The predicted molar refractivity (Wildman–Crippen MR) is 79.6 cm³/mol. The Morgan fingerprint density at radius 2 is 2.00 bits per heavy atom. The van der Waals surface area contributed by atoms with Crippen LogP contribution in [-0.4, -0.2) is 21.0 Å². The number of anilines is 1. The lowest BCUT2D eigenvalue weighted by molar-refractivity contribution is 0.748. The topological polar surface area (TPSA) is 74.5 Å². The second-order valence-electron chi connectivity index (χ2n) is 5.27. The summed E-state index contributed by atoms with van der Waals surface area (Å²) in [7, 11) is 0. The Labute approximate surface area is 124 Å². The van der Waals surface area contributed by atoms with E-state index in [1.807, 2.05) is 24.3 Å². The van der Waals surface area contributed by atoms with Crippen LogP contribution < -0.4 is 5.32 Å². The fraction of sp³-hybridized carbons (Fsp3) is 0.375. The Bertz CT molecular complexity index is 629. The van der Waals surface area contributed by atoms with Gasteiger partial charge in [-0.25, -0.2) is 9.97 Å². The first-order chi connectivity index (χ1) is 10.4. The molecule has 0 aromatic carbocycles. The molecule has 5 heteroatoms. The summed E-state index contributed by atoms with van der Waals surface area (Å²) in [6.07, 6.45) is 8.11. The molecule has 1 fully saturated rings. The normalized spacial score (nSPS) is 16.3. The van der Waals surface area contributed by atoms with Crippen molar-refractivity contribution < 1.29 is 0 Å². The van der Waals surface area contributed by atoms with Crippen molar-refractivity contribution in [3.8, 4) is 6.07 Å². The molecule has 1 atom stereocenters. The summed E-state index contributed by atoms with van der Waals surface area (Å²) in [6.45, 7) is 0. The van der Waals surface area contributed by atoms with Crippen molar-refractivity contribution in [3.05, 3.63) is 48.2 Å². The first-order valence-corrected chi connectivity index (χ1v) is 7.26. The Kier molecular flexibility index (Phi) is 4.06. The van der Waals surface area contributed by atoms with Gasteiger partial charge >= 0.3 is 0 Å². The third-order valence-electron chi connectivity index (χ3n) is 3.80.